The first-order valence-corrected chi connectivity index (χ1v) is 9.62. The van der Waals surface area contributed by atoms with E-state index in [4.69, 9.17) is 37.9 Å². The lowest BCUT2D eigenvalue weighted by atomic mass is 10.1. The molecule has 10 heteroatoms. The average Bonchev–Trinajstić information content (AvgIpc) is 3.26. The first kappa shape index (κ1) is 20.0. The smallest absolute Gasteiger partial charge is 0.335 e. The first-order chi connectivity index (χ1) is 13.5. The van der Waals surface area contributed by atoms with Gasteiger partial charge < -0.3 is 37.9 Å². The molecule has 8 atom stereocenters. The lowest BCUT2D eigenvalue weighted by Gasteiger charge is -2.28. The fraction of sp³-hybridized carbons (Fsp3) is 0.889. The third-order valence-corrected chi connectivity index (χ3v) is 5.24. The average molecular weight is 402 g/mol. The molecule has 4 saturated heterocycles. The summed E-state index contributed by atoms with van der Waals surface area (Å²) in [5.74, 6) is -0.737. The minimum absolute atomic E-state index is 0.179. The Kier molecular flexibility index (Phi) is 6.14. The molecule has 4 rings (SSSR count). The Morgan fingerprint density at radius 2 is 1.43 bits per heavy atom. The zero-order valence-electron chi connectivity index (χ0n) is 15.9. The lowest BCUT2D eigenvalue weighted by molar-refractivity contribution is -0.191. The molecule has 4 aliphatic heterocycles. The van der Waals surface area contributed by atoms with E-state index in [1.165, 1.54) is 0 Å². The first-order valence-electron chi connectivity index (χ1n) is 9.62. The summed E-state index contributed by atoms with van der Waals surface area (Å²) in [7, 11) is 0. The van der Waals surface area contributed by atoms with E-state index in [0.717, 1.165) is 0 Å². The molecule has 0 aromatic carbocycles. The Balaban J connectivity index is 1.20. The molecule has 8 unspecified atom stereocenters. The molecule has 4 fully saturated rings. The van der Waals surface area contributed by atoms with Crippen LogP contribution in [0.3, 0.4) is 0 Å². The predicted molar refractivity (Wildman–Crippen MR) is 89.5 cm³/mol. The summed E-state index contributed by atoms with van der Waals surface area (Å²) >= 11 is 0. The number of carbonyl (C=O) groups is 2. The van der Waals surface area contributed by atoms with Gasteiger partial charge in [-0.15, -0.1) is 0 Å². The Hall–Kier alpha value is -1.30. The van der Waals surface area contributed by atoms with Gasteiger partial charge in [0.25, 0.3) is 0 Å². The van der Waals surface area contributed by atoms with Crippen LogP contribution in [0.15, 0.2) is 0 Å². The van der Waals surface area contributed by atoms with Crippen molar-refractivity contribution in [3.63, 3.8) is 0 Å². The Morgan fingerprint density at radius 3 is 2.04 bits per heavy atom. The van der Waals surface area contributed by atoms with E-state index in [2.05, 4.69) is 0 Å². The van der Waals surface area contributed by atoms with Crippen LogP contribution in [-0.2, 0) is 47.5 Å². The standard InChI is InChI=1S/C18H26O10/c1-9-18(20)28-12(3-21-9)5-23-14-8-25-15-13(7-24-16(14)15)22-4-11-6-26-17(19)10(2)27-11/h9-16H,3-8H2,1-2H3. The van der Waals surface area contributed by atoms with Gasteiger partial charge in [0.15, 0.2) is 12.2 Å². The van der Waals surface area contributed by atoms with E-state index < -0.39 is 18.3 Å². The van der Waals surface area contributed by atoms with Gasteiger partial charge in [-0.2, -0.15) is 0 Å². The molecule has 28 heavy (non-hydrogen) atoms. The third-order valence-electron chi connectivity index (χ3n) is 5.24. The molecule has 0 spiro atoms. The fourth-order valence-corrected chi connectivity index (χ4v) is 3.64. The quantitative estimate of drug-likeness (QED) is 0.525. The van der Waals surface area contributed by atoms with Crippen LogP contribution in [0.4, 0.5) is 0 Å². The molecule has 0 aliphatic carbocycles. The summed E-state index contributed by atoms with van der Waals surface area (Å²) < 4.78 is 44.6. The van der Waals surface area contributed by atoms with Gasteiger partial charge in [0.05, 0.1) is 33.0 Å². The minimum atomic E-state index is -0.587. The van der Waals surface area contributed by atoms with Crippen molar-refractivity contribution in [3.05, 3.63) is 0 Å². The number of hydrogen-bond donors (Lipinski definition) is 0. The van der Waals surface area contributed by atoms with Gasteiger partial charge >= 0.3 is 11.9 Å². The number of rotatable bonds is 6. The molecular formula is C18H26O10. The molecule has 10 nitrogen and oxygen atoms in total. The van der Waals surface area contributed by atoms with Gasteiger partial charge in [-0.3, -0.25) is 0 Å². The maximum atomic E-state index is 11.6. The number of fused-ring (bicyclic) bond motifs is 1. The van der Waals surface area contributed by atoms with Crippen LogP contribution >= 0.6 is 0 Å². The van der Waals surface area contributed by atoms with Crippen molar-refractivity contribution in [1.82, 2.24) is 0 Å². The number of ether oxygens (including phenoxy) is 8. The molecule has 0 saturated carbocycles. The van der Waals surface area contributed by atoms with Crippen molar-refractivity contribution in [3.8, 4) is 0 Å². The van der Waals surface area contributed by atoms with Crippen LogP contribution in [0.25, 0.3) is 0 Å². The largest absolute Gasteiger partial charge is 0.461 e. The second kappa shape index (κ2) is 8.60. The van der Waals surface area contributed by atoms with Gasteiger partial charge in [-0.25, -0.2) is 9.59 Å². The van der Waals surface area contributed by atoms with E-state index in [1.807, 2.05) is 0 Å². The van der Waals surface area contributed by atoms with E-state index in [-0.39, 0.29) is 62.3 Å². The van der Waals surface area contributed by atoms with Crippen molar-refractivity contribution in [2.45, 2.75) is 62.7 Å². The Morgan fingerprint density at radius 1 is 0.786 bits per heavy atom. The van der Waals surface area contributed by atoms with Crippen molar-refractivity contribution < 1.29 is 47.5 Å². The molecule has 4 aliphatic rings. The topological polar surface area (TPSA) is 108 Å². The fourth-order valence-electron chi connectivity index (χ4n) is 3.64. The normalized spacial score (nSPS) is 43.5. The van der Waals surface area contributed by atoms with Crippen molar-refractivity contribution in [1.29, 1.82) is 0 Å². The second-order valence-electron chi connectivity index (χ2n) is 7.40. The molecule has 0 amide bonds. The Labute approximate surface area is 162 Å². The maximum absolute atomic E-state index is 11.6. The van der Waals surface area contributed by atoms with E-state index in [0.29, 0.717) is 19.8 Å². The van der Waals surface area contributed by atoms with Crippen LogP contribution in [0.2, 0.25) is 0 Å². The molecule has 0 radical (unpaired) electrons. The summed E-state index contributed by atoms with van der Waals surface area (Å²) in [6.45, 7) is 5.08. The second-order valence-corrected chi connectivity index (χ2v) is 7.40. The zero-order chi connectivity index (χ0) is 19.7. The van der Waals surface area contributed by atoms with E-state index in [9.17, 15) is 9.59 Å². The van der Waals surface area contributed by atoms with E-state index >= 15 is 0 Å². The van der Waals surface area contributed by atoms with Crippen LogP contribution in [0.1, 0.15) is 13.8 Å². The third kappa shape index (κ3) is 4.32. The highest BCUT2D eigenvalue weighted by Crippen LogP contribution is 2.31. The number of esters is 2. The molecule has 0 bridgehead atoms. The van der Waals surface area contributed by atoms with Gasteiger partial charge in [-0.1, -0.05) is 0 Å². The number of carbonyl (C=O) groups excluding carboxylic acids is 2. The summed E-state index contributed by atoms with van der Waals surface area (Å²) in [5, 5.41) is 0. The van der Waals surface area contributed by atoms with Crippen LogP contribution < -0.4 is 0 Å². The predicted octanol–water partition coefficient (Wildman–Crippen LogP) is -0.785. The summed E-state index contributed by atoms with van der Waals surface area (Å²) in [6, 6.07) is 0. The summed E-state index contributed by atoms with van der Waals surface area (Å²) in [6.07, 6.45) is -2.84. The van der Waals surface area contributed by atoms with E-state index in [1.54, 1.807) is 13.8 Å². The number of cyclic esters (lactones) is 2. The van der Waals surface area contributed by atoms with Gasteiger partial charge in [-0.05, 0) is 13.8 Å². The van der Waals surface area contributed by atoms with Gasteiger partial charge in [0.2, 0.25) is 0 Å². The molecule has 0 aromatic heterocycles. The highest BCUT2D eigenvalue weighted by molar-refractivity contribution is 5.75. The molecule has 4 heterocycles. The van der Waals surface area contributed by atoms with Crippen LogP contribution in [0, 0.1) is 0 Å². The summed E-state index contributed by atoms with van der Waals surface area (Å²) in [4.78, 5) is 22.9. The van der Waals surface area contributed by atoms with Crippen molar-refractivity contribution >= 4 is 11.9 Å². The summed E-state index contributed by atoms with van der Waals surface area (Å²) in [5.41, 5.74) is 0. The van der Waals surface area contributed by atoms with Crippen molar-refractivity contribution in [2.75, 3.05) is 39.6 Å². The Bertz CT molecular complexity index is 583. The number of hydrogen-bond acceptors (Lipinski definition) is 10. The zero-order valence-corrected chi connectivity index (χ0v) is 15.9. The highest BCUT2D eigenvalue weighted by Gasteiger charge is 2.49. The molecule has 0 aromatic rings. The van der Waals surface area contributed by atoms with Crippen LogP contribution in [0.5, 0.6) is 0 Å². The lowest BCUT2D eigenvalue weighted by Crippen LogP contribution is -2.43. The van der Waals surface area contributed by atoms with Gasteiger partial charge in [0, 0.05) is 0 Å². The maximum Gasteiger partial charge on any atom is 0.335 e. The molecular weight excluding hydrogens is 376 g/mol. The minimum Gasteiger partial charge on any atom is -0.461 e. The monoisotopic (exact) mass is 402 g/mol. The highest BCUT2D eigenvalue weighted by atomic mass is 16.7. The van der Waals surface area contributed by atoms with Gasteiger partial charge in [0.1, 0.15) is 43.2 Å². The van der Waals surface area contributed by atoms with Crippen molar-refractivity contribution in [2.24, 2.45) is 0 Å². The van der Waals surface area contributed by atoms with Crippen LogP contribution in [-0.4, -0.2) is 100 Å². The molecule has 158 valence electrons. The molecule has 0 N–H and O–H groups in total. The SMILES string of the molecule is CC1OCC(COC2COC3C(OCC4COC(=O)C(C)O4)COC23)OC1=O.